The maximum absolute atomic E-state index is 12.7. The third kappa shape index (κ3) is 3.23. The van der Waals surface area contributed by atoms with E-state index < -0.39 is 0 Å². The molecule has 5 heteroatoms. The van der Waals surface area contributed by atoms with E-state index in [-0.39, 0.29) is 35.9 Å². The summed E-state index contributed by atoms with van der Waals surface area (Å²) in [5, 5.41) is 2.89. The Morgan fingerprint density at radius 1 is 1.38 bits per heavy atom. The smallest absolute Gasteiger partial charge is 0.246 e. The topological polar surface area (TPSA) is 58.6 Å². The first kappa shape index (κ1) is 16.3. The molecular formula is C16H28N2O3. The van der Waals surface area contributed by atoms with E-state index >= 15 is 0 Å². The van der Waals surface area contributed by atoms with Gasteiger partial charge in [0, 0.05) is 19.1 Å². The van der Waals surface area contributed by atoms with Crippen LogP contribution in [0.4, 0.5) is 0 Å². The summed E-state index contributed by atoms with van der Waals surface area (Å²) in [4.78, 5) is 26.7. The van der Waals surface area contributed by atoms with E-state index in [9.17, 15) is 9.59 Å². The van der Waals surface area contributed by atoms with Gasteiger partial charge in [0.05, 0.1) is 6.10 Å². The molecule has 5 unspecified atom stereocenters. The highest BCUT2D eigenvalue weighted by molar-refractivity contribution is 5.96. The van der Waals surface area contributed by atoms with Crippen LogP contribution >= 0.6 is 0 Å². The summed E-state index contributed by atoms with van der Waals surface area (Å²) in [7, 11) is 0. The van der Waals surface area contributed by atoms with Crippen LogP contribution in [0, 0.1) is 11.8 Å². The number of nitrogens with one attached hydrogen (secondary N) is 1. The summed E-state index contributed by atoms with van der Waals surface area (Å²) in [6.07, 6.45) is 3.03. The predicted octanol–water partition coefficient (Wildman–Crippen LogP) is 1.56. The molecule has 120 valence electrons. The van der Waals surface area contributed by atoms with Gasteiger partial charge in [-0.05, 0) is 25.7 Å². The summed E-state index contributed by atoms with van der Waals surface area (Å²) in [6, 6.07) is -0.753. The van der Waals surface area contributed by atoms with Crippen molar-refractivity contribution in [2.24, 2.45) is 11.8 Å². The minimum Gasteiger partial charge on any atom is -0.378 e. The standard InChI is InChI=1S/C16H28N2O3/c1-5-10(3)14-16(20)18(11(4)15(19)17-14)9-12-7-8-21-13(12)6-2/h10-14H,5-9H2,1-4H3,(H,17,19). The minimum atomic E-state index is -0.379. The highest BCUT2D eigenvalue weighted by Crippen LogP contribution is 2.27. The summed E-state index contributed by atoms with van der Waals surface area (Å²) in [5.41, 5.74) is 0. The van der Waals surface area contributed by atoms with Crippen molar-refractivity contribution in [3.63, 3.8) is 0 Å². The highest BCUT2D eigenvalue weighted by Gasteiger charge is 2.42. The number of nitrogens with zero attached hydrogens (tertiary/aromatic N) is 1. The molecule has 5 atom stereocenters. The van der Waals surface area contributed by atoms with E-state index in [4.69, 9.17) is 4.74 Å². The summed E-state index contributed by atoms with van der Waals surface area (Å²) in [6.45, 7) is 9.39. The van der Waals surface area contributed by atoms with Gasteiger partial charge in [-0.3, -0.25) is 9.59 Å². The Morgan fingerprint density at radius 2 is 2.10 bits per heavy atom. The number of piperazine rings is 1. The van der Waals surface area contributed by atoms with E-state index in [2.05, 4.69) is 12.2 Å². The van der Waals surface area contributed by atoms with Gasteiger partial charge in [-0.15, -0.1) is 0 Å². The lowest BCUT2D eigenvalue weighted by atomic mass is 9.92. The van der Waals surface area contributed by atoms with Gasteiger partial charge in [-0.2, -0.15) is 0 Å². The van der Waals surface area contributed by atoms with Crippen molar-refractivity contribution in [2.75, 3.05) is 13.2 Å². The van der Waals surface area contributed by atoms with E-state index in [0.717, 1.165) is 25.9 Å². The predicted molar refractivity (Wildman–Crippen MR) is 80.7 cm³/mol. The molecule has 2 aliphatic rings. The lowest BCUT2D eigenvalue weighted by Gasteiger charge is -2.41. The van der Waals surface area contributed by atoms with Crippen molar-refractivity contribution in [1.82, 2.24) is 10.2 Å². The molecule has 0 aromatic heterocycles. The zero-order chi connectivity index (χ0) is 15.6. The SMILES string of the molecule is CCC(C)C1NC(=O)C(C)N(CC2CCOC2CC)C1=O. The van der Waals surface area contributed by atoms with Gasteiger partial charge in [0.1, 0.15) is 12.1 Å². The second-order valence-corrected chi connectivity index (χ2v) is 6.40. The van der Waals surface area contributed by atoms with Crippen LogP contribution in [0.5, 0.6) is 0 Å². The Balaban J connectivity index is 2.11. The fourth-order valence-corrected chi connectivity index (χ4v) is 3.32. The highest BCUT2D eigenvalue weighted by atomic mass is 16.5. The summed E-state index contributed by atoms with van der Waals surface area (Å²) in [5.74, 6) is 0.549. The third-order valence-corrected chi connectivity index (χ3v) is 5.09. The molecule has 2 saturated heterocycles. The second kappa shape index (κ2) is 6.77. The molecule has 2 heterocycles. The average molecular weight is 296 g/mol. The van der Waals surface area contributed by atoms with Crippen molar-refractivity contribution in [2.45, 2.75) is 65.1 Å². The third-order valence-electron chi connectivity index (χ3n) is 5.09. The van der Waals surface area contributed by atoms with Crippen LogP contribution < -0.4 is 5.32 Å². The van der Waals surface area contributed by atoms with Crippen LogP contribution in [-0.4, -0.2) is 48.1 Å². The first-order chi connectivity index (χ1) is 9.99. The quantitative estimate of drug-likeness (QED) is 0.837. The molecule has 0 aliphatic carbocycles. The van der Waals surface area contributed by atoms with Crippen molar-refractivity contribution < 1.29 is 14.3 Å². The fraction of sp³-hybridized carbons (Fsp3) is 0.875. The molecule has 2 aliphatic heterocycles. The zero-order valence-corrected chi connectivity index (χ0v) is 13.6. The largest absolute Gasteiger partial charge is 0.378 e. The van der Waals surface area contributed by atoms with E-state index in [1.54, 1.807) is 4.90 Å². The van der Waals surface area contributed by atoms with Gasteiger partial charge in [-0.1, -0.05) is 27.2 Å². The maximum atomic E-state index is 12.7. The second-order valence-electron chi connectivity index (χ2n) is 6.40. The van der Waals surface area contributed by atoms with Gasteiger partial charge < -0.3 is 15.0 Å². The molecule has 0 bridgehead atoms. The number of hydrogen-bond acceptors (Lipinski definition) is 3. The average Bonchev–Trinajstić information content (AvgIpc) is 2.93. The minimum absolute atomic E-state index is 0.0353. The fourth-order valence-electron chi connectivity index (χ4n) is 3.32. The molecule has 2 fully saturated rings. The van der Waals surface area contributed by atoms with Crippen LogP contribution in [0.3, 0.4) is 0 Å². The number of ether oxygens (including phenoxy) is 1. The molecule has 0 spiro atoms. The molecule has 0 aromatic rings. The van der Waals surface area contributed by atoms with Crippen LogP contribution in [0.2, 0.25) is 0 Å². The molecule has 5 nitrogen and oxygen atoms in total. The Morgan fingerprint density at radius 3 is 2.71 bits per heavy atom. The van der Waals surface area contributed by atoms with E-state index in [1.807, 2.05) is 20.8 Å². The Hall–Kier alpha value is -1.10. The Kier molecular flexibility index (Phi) is 5.25. The first-order valence-electron chi connectivity index (χ1n) is 8.22. The van der Waals surface area contributed by atoms with Gasteiger partial charge in [0.2, 0.25) is 11.8 Å². The normalized spacial score (nSPS) is 35.0. The molecule has 0 saturated carbocycles. The van der Waals surface area contributed by atoms with E-state index in [1.165, 1.54) is 0 Å². The molecule has 1 N–H and O–H groups in total. The molecule has 0 aromatic carbocycles. The van der Waals surface area contributed by atoms with Crippen molar-refractivity contribution in [1.29, 1.82) is 0 Å². The van der Waals surface area contributed by atoms with Gasteiger partial charge in [0.25, 0.3) is 0 Å². The van der Waals surface area contributed by atoms with E-state index in [0.29, 0.717) is 12.5 Å². The lowest BCUT2D eigenvalue weighted by Crippen LogP contribution is -2.64. The summed E-state index contributed by atoms with van der Waals surface area (Å²) < 4.78 is 5.71. The summed E-state index contributed by atoms with van der Waals surface area (Å²) >= 11 is 0. The Bertz CT molecular complexity index is 399. The van der Waals surface area contributed by atoms with Crippen molar-refractivity contribution in [3.8, 4) is 0 Å². The molecular weight excluding hydrogens is 268 g/mol. The molecule has 21 heavy (non-hydrogen) atoms. The van der Waals surface area contributed by atoms with Crippen LogP contribution in [0.25, 0.3) is 0 Å². The van der Waals surface area contributed by atoms with Crippen molar-refractivity contribution in [3.05, 3.63) is 0 Å². The maximum Gasteiger partial charge on any atom is 0.246 e. The van der Waals surface area contributed by atoms with Gasteiger partial charge in [-0.25, -0.2) is 0 Å². The molecule has 2 rings (SSSR count). The lowest BCUT2D eigenvalue weighted by molar-refractivity contribution is -0.151. The number of rotatable bonds is 5. The van der Waals surface area contributed by atoms with Crippen LogP contribution in [0.1, 0.15) is 47.0 Å². The number of hydrogen-bond donors (Lipinski definition) is 1. The number of carbonyl (C=O) groups excluding carboxylic acids is 2. The van der Waals surface area contributed by atoms with Gasteiger partial charge in [0.15, 0.2) is 0 Å². The molecule has 0 radical (unpaired) electrons. The van der Waals surface area contributed by atoms with Crippen LogP contribution in [-0.2, 0) is 14.3 Å². The number of amides is 2. The Labute approximate surface area is 127 Å². The number of carbonyl (C=O) groups is 2. The first-order valence-corrected chi connectivity index (χ1v) is 8.22. The monoisotopic (exact) mass is 296 g/mol. The van der Waals surface area contributed by atoms with Crippen molar-refractivity contribution >= 4 is 11.8 Å². The molecule has 2 amide bonds. The van der Waals surface area contributed by atoms with Crippen LogP contribution in [0.15, 0.2) is 0 Å². The zero-order valence-electron chi connectivity index (χ0n) is 13.6. The van der Waals surface area contributed by atoms with Gasteiger partial charge >= 0.3 is 0 Å².